The Morgan fingerprint density at radius 1 is 1.06 bits per heavy atom. The molecule has 0 atom stereocenters. The highest BCUT2D eigenvalue weighted by molar-refractivity contribution is 7.89. The van der Waals surface area contributed by atoms with Crippen LogP contribution in [0.1, 0.15) is 16.1 Å². The van der Waals surface area contributed by atoms with E-state index < -0.39 is 14.9 Å². The molecule has 3 aromatic rings. The van der Waals surface area contributed by atoms with E-state index in [-0.39, 0.29) is 48.4 Å². The first-order valence-electron chi connectivity index (χ1n) is 10.1. The monoisotopic (exact) mass is 489 g/mol. The average molecular weight is 490 g/mol. The molecule has 0 N–H and O–H groups in total. The molecule has 1 aliphatic heterocycles. The summed E-state index contributed by atoms with van der Waals surface area (Å²) < 4.78 is 33.1. The number of nitro groups is 1. The summed E-state index contributed by atoms with van der Waals surface area (Å²) in [7, 11) is -3.95. The van der Waals surface area contributed by atoms with Crippen LogP contribution in [0.3, 0.4) is 0 Å². The first kappa shape index (κ1) is 23.0. The van der Waals surface area contributed by atoms with Gasteiger partial charge in [0.05, 0.1) is 14.8 Å². The minimum atomic E-state index is -3.95. The van der Waals surface area contributed by atoms with Crippen molar-refractivity contribution in [3.8, 4) is 11.3 Å². The van der Waals surface area contributed by atoms with Crippen LogP contribution in [0.2, 0.25) is 5.02 Å². The molecule has 172 valence electrons. The average Bonchev–Trinajstić information content (AvgIpc) is 3.29. The number of benzene rings is 2. The van der Waals surface area contributed by atoms with Crippen LogP contribution in [0.5, 0.6) is 0 Å². The third-order valence-electron chi connectivity index (χ3n) is 5.48. The van der Waals surface area contributed by atoms with Crippen LogP contribution in [-0.2, 0) is 10.0 Å². The molecular formula is C22H20ClN3O6S. The number of amides is 1. The van der Waals surface area contributed by atoms with E-state index >= 15 is 0 Å². The maximum atomic E-state index is 13.1. The molecule has 0 radical (unpaired) electrons. The number of nitrogens with zero attached hydrogens (tertiary/aromatic N) is 3. The van der Waals surface area contributed by atoms with Crippen molar-refractivity contribution < 1.29 is 22.6 Å². The minimum Gasteiger partial charge on any atom is -0.451 e. The van der Waals surface area contributed by atoms with Crippen molar-refractivity contribution >= 4 is 33.2 Å². The number of rotatable bonds is 5. The number of hydrogen-bond acceptors (Lipinski definition) is 6. The van der Waals surface area contributed by atoms with Crippen LogP contribution < -0.4 is 0 Å². The van der Waals surface area contributed by atoms with Crippen LogP contribution in [0, 0.1) is 17.0 Å². The summed E-state index contributed by atoms with van der Waals surface area (Å²) in [4.78, 5) is 24.7. The van der Waals surface area contributed by atoms with Crippen molar-refractivity contribution in [3.05, 3.63) is 81.1 Å². The molecule has 1 aliphatic rings. The van der Waals surface area contributed by atoms with Crippen LogP contribution in [0.4, 0.5) is 5.69 Å². The minimum absolute atomic E-state index is 0.0638. The fraction of sp³-hybridized carbons (Fsp3) is 0.227. The van der Waals surface area contributed by atoms with Crippen LogP contribution in [-0.4, -0.2) is 54.6 Å². The highest BCUT2D eigenvalue weighted by Crippen LogP contribution is 2.30. The smallest absolute Gasteiger partial charge is 0.289 e. The van der Waals surface area contributed by atoms with Crippen LogP contribution >= 0.6 is 11.6 Å². The van der Waals surface area contributed by atoms with Gasteiger partial charge in [-0.3, -0.25) is 14.9 Å². The number of sulfonamides is 1. The molecule has 4 rings (SSSR count). The third-order valence-corrected chi connectivity index (χ3v) is 7.85. The first-order valence-corrected chi connectivity index (χ1v) is 11.9. The summed E-state index contributed by atoms with van der Waals surface area (Å²) in [5, 5.41) is 11.6. The number of nitro benzene ring substituents is 1. The van der Waals surface area contributed by atoms with Crippen molar-refractivity contribution in [1.82, 2.24) is 9.21 Å². The lowest BCUT2D eigenvalue weighted by Gasteiger charge is -2.33. The highest BCUT2D eigenvalue weighted by Gasteiger charge is 2.33. The number of carbonyl (C=O) groups is 1. The summed E-state index contributed by atoms with van der Waals surface area (Å²) in [6.45, 7) is 2.04. The summed E-state index contributed by atoms with van der Waals surface area (Å²) in [5.41, 5.74) is 0.795. The zero-order chi connectivity index (χ0) is 23.8. The normalized spacial score (nSPS) is 14.9. The second kappa shape index (κ2) is 8.97. The largest absolute Gasteiger partial charge is 0.451 e. The molecule has 2 heterocycles. The molecule has 1 saturated heterocycles. The van der Waals surface area contributed by atoms with Gasteiger partial charge in [-0.2, -0.15) is 4.31 Å². The van der Waals surface area contributed by atoms with Gasteiger partial charge in [0, 0.05) is 43.9 Å². The Bertz CT molecular complexity index is 1330. The lowest BCUT2D eigenvalue weighted by atomic mass is 10.2. The maximum absolute atomic E-state index is 13.1. The number of carbonyl (C=O) groups excluding carboxylic acids is 1. The lowest BCUT2D eigenvalue weighted by molar-refractivity contribution is -0.385. The van der Waals surface area contributed by atoms with Crippen molar-refractivity contribution in [2.75, 3.05) is 26.2 Å². The van der Waals surface area contributed by atoms with E-state index in [2.05, 4.69) is 0 Å². The molecule has 0 saturated carbocycles. The van der Waals surface area contributed by atoms with E-state index in [9.17, 15) is 23.3 Å². The topological polar surface area (TPSA) is 114 Å². The molecule has 9 nitrogen and oxygen atoms in total. The maximum Gasteiger partial charge on any atom is 0.289 e. The quantitative estimate of drug-likeness (QED) is 0.396. The van der Waals surface area contributed by atoms with Gasteiger partial charge >= 0.3 is 0 Å². The zero-order valence-electron chi connectivity index (χ0n) is 17.6. The summed E-state index contributed by atoms with van der Waals surface area (Å²) in [6, 6.07) is 14.1. The van der Waals surface area contributed by atoms with Gasteiger partial charge < -0.3 is 9.32 Å². The molecule has 0 aliphatic carbocycles. The number of furan rings is 1. The van der Waals surface area contributed by atoms with Crippen molar-refractivity contribution in [2.45, 2.75) is 11.8 Å². The number of hydrogen-bond donors (Lipinski definition) is 0. The fourth-order valence-electron chi connectivity index (χ4n) is 3.67. The Balaban J connectivity index is 1.47. The molecule has 11 heteroatoms. The van der Waals surface area contributed by atoms with Gasteiger partial charge in [0.1, 0.15) is 5.76 Å². The van der Waals surface area contributed by atoms with Gasteiger partial charge in [-0.05, 0) is 36.8 Å². The lowest BCUT2D eigenvalue weighted by Crippen LogP contribution is -2.50. The Kier molecular flexibility index (Phi) is 6.24. The van der Waals surface area contributed by atoms with Gasteiger partial charge in [0.25, 0.3) is 11.6 Å². The summed E-state index contributed by atoms with van der Waals surface area (Å²) in [6.07, 6.45) is 0. The Morgan fingerprint density at radius 3 is 2.42 bits per heavy atom. The number of non-ortho nitro benzene ring substituents is 1. The molecule has 2 aromatic carbocycles. The number of piperazine rings is 1. The van der Waals surface area contributed by atoms with E-state index in [0.29, 0.717) is 21.9 Å². The van der Waals surface area contributed by atoms with E-state index in [1.807, 2.05) is 6.07 Å². The standard InChI is InChI=1S/C22H20ClN3O6S/c1-15-6-7-16(26(28)29)14-21(15)33(30,31)25-12-10-24(11-13-25)22(27)20-9-8-19(32-20)17-4-2-3-5-18(17)23/h2-9,14H,10-13H2,1H3. The molecule has 1 aromatic heterocycles. The van der Waals surface area contributed by atoms with E-state index in [1.165, 1.54) is 21.3 Å². The Labute approximate surface area is 195 Å². The molecular weight excluding hydrogens is 470 g/mol. The van der Waals surface area contributed by atoms with Gasteiger partial charge in [-0.15, -0.1) is 0 Å². The molecule has 1 fully saturated rings. The predicted octanol–water partition coefficient (Wildman–Crippen LogP) is 3.96. The van der Waals surface area contributed by atoms with E-state index in [1.54, 1.807) is 37.3 Å². The predicted molar refractivity (Wildman–Crippen MR) is 122 cm³/mol. The van der Waals surface area contributed by atoms with Gasteiger partial charge in [0.15, 0.2) is 5.76 Å². The second-order valence-corrected chi connectivity index (χ2v) is 9.86. The number of aryl methyl sites for hydroxylation is 1. The second-order valence-electron chi connectivity index (χ2n) is 7.55. The molecule has 0 bridgehead atoms. The van der Waals surface area contributed by atoms with Crippen LogP contribution in [0.25, 0.3) is 11.3 Å². The molecule has 1 amide bonds. The highest BCUT2D eigenvalue weighted by atomic mass is 35.5. The molecule has 0 unspecified atom stereocenters. The summed E-state index contributed by atoms with van der Waals surface area (Å²) in [5.74, 6) is 0.249. The van der Waals surface area contributed by atoms with Gasteiger partial charge in [0.2, 0.25) is 10.0 Å². The molecule has 33 heavy (non-hydrogen) atoms. The van der Waals surface area contributed by atoms with Crippen molar-refractivity contribution in [2.24, 2.45) is 0 Å². The van der Waals surface area contributed by atoms with Crippen molar-refractivity contribution in [1.29, 1.82) is 0 Å². The van der Waals surface area contributed by atoms with Gasteiger partial charge in [-0.25, -0.2) is 8.42 Å². The van der Waals surface area contributed by atoms with Crippen molar-refractivity contribution in [3.63, 3.8) is 0 Å². The fourth-order valence-corrected chi connectivity index (χ4v) is 5.56. The Hall–Kier alpha value is -3.21. The SMILES string of the molecule is Cc1ccc([N+](=O)[O-])cc1S(=O)(=O)N1CCN(C(=O)c2ccc(-c3ccccc3Cl)o2)CC1. The Morgan fingerprint density at radius 2 is 1.76 bits per heavy atom. The van der Waals surface area contributed by atoms with Gasteiger partial charge in [-0.1, -0.05) is 29.8 Å². The summed E-state index contributed by atoms with van der Waals surface area (Å²) >= 11 is 6.19. The van der Waals surface area contributed by atoms with E-state index in [4.69, 9.17) is 16.0 Å². The molecule has 0 spiro atoms. The zero-order valence-corrected chi connectivity index (χ0v) is 19.2. The number of halogens is 1. The van der Waals surface area contributed by atoms with E-state index in [0.717, 1.165) is 6.07 Å². The third kappa shape index (κ3) is 4.50. The first-order chi connectivity index (χ1) is 15.7. The van der Waals surface area contributed by atoms with Crippen LogP contribution in [0.15, 0.2) is 63.9 Å².